The molecule has 3 unspecified atom stereocenters. The Morgan fingerprint density at radius 2 is 1.67 bits per heavy atom. The maximum Gasteiger partial charge on any atom is 0.0425 e. The molecule has 0 aromatic rings. The Bertz CT molecular complexity index is 295. The molecule has 0 radical (unpaired) electrons. The molecule has 0 aromatic carbocycles. The molecule has 2 saturated carbocycles. The lowest BCUT2D eigenvalue weighted by Gasteiger charge is -2.51. The second kappa shape index (κ2) is 7.94. The van der Waals surface area contributed by atoms with Gasteiger partial charge >= 0.3 is 0 Å². The fourth-order valence-electron chi connectivity index (χ4n) is 5.24. The Kier molecular flexibility index (Phi) is 6.51. The average Bonchev–Trinajstić information content (AvgIpc) is 2.75. The van der Waals surface area contributed by atoms with Crippen LogP contribution in [0.3, 0.4) is 0 Å². The van der Waals surface area contributed by atoms with Gasteiger partial charge in [-0.15, -0.1) is 0 Å². The molecule has 0 spiro atoms. The molecule has 2 fully saturated rings. The molecule has 3 atom stereocenters. The average molecular weight is 296 g/mol. The van der Waals surface area contributed by atoms with Crippen molar-refractivity contribution in [1.29, 1.82) is 0 Å². The van der Waals surface area contributed by atoms with Gasteiger partial charge in [0.05, 0.1) is 0 Å². The number of hydrogen-bond donors (Lipinski definition) is 2. The predicted octanol–water partition coefficient (Wildman–Crippen LogP) is 3.69. The third kappa shape index (κ3) is 3.62. The molecule has 2 aliphatic carbocycles. The van der Waals surface area contributed by atoms with E-state index in [4.69, 9.17) is 5.84 Å². The van der Waals surface area contributed by atoms with Crippen LogP contribution in [-0.4, -0.2) is 30.6 Å². The zero-order valence-electron chi connectivity index (χ0n) is 14.5. The molecule has 0 bridgehead atoms. The molecule has 0 amide bonds. The van der Waals surface area contributed by atoms with Gasteiger partial charge < -0.3 is 4.90 Å². The van der Waals surface area contributed by atoms with Crippen molar-refractivity contribution in [2.75, 3.05) is 14.1 Å². The Balaban J connectivity index is 2.25. The lowest BCUT2D eigenvalue weighted by atomic mass is 9.66. The van der Waals surface area contributed by atoms with E-state index < -0.39 is 0 Å². The summed E-state index contributed by atoms with van der Waals surface area (Å²) in [5.74, 6) is 7.77. The normalized spacial score (nSPS) is 31.9. The van der Waals surface area contributed by atoms with E-state index in [1.807, 2.05) is 0 Å². The number of nitrogens with two attached hydrogens (primary N) is 1. The van der Waals surface area contributed by atoms with E-state index in [1.54, 1.807) is 0 Å². The van der Waals surface area contributed by atoms with Crippen LogP contribution >= 0.6 is 0 Å². The molecular weight excluding hydrogens is 258 g/mol. The van der Waals surface area contributed by atoms with Crippen molar-refractivity contribution < 1.29 is 0 Å². The van der Waals surface area contributed by atoms with Crippen LogP contribution in [0.1, 0.15) is 77.6 Å². The third-order valence-corrected chi connectivity index (χ3v) is 6.54. The second-order valence-corrected chi connectivity index (χ2v) is 7.67. The number of rotatable bonds is 5. The number of nitrogens with one attached hydrogen (secondary N) is 1. The summed E-state index contributed by atoms with van der Waals surface area (Å²) in [7, 11) is 4.55. The van der Waals surface area contributed by atoms with Gasteiger partial charge in [0.15, 0.2) is 0 Å². The van der Waals surface area contributed by atoms with Crippen molar-refractivity contribution in [3.8, 4) is 0 Å². The number of hydrazine groups is 1. The zero-order chi connectivity index (χ0) is 15.3. The first-order valence-electron chi connectivity index (χ1n) is 9.29. The number of hydrogen-bond acceptors (Lipinski definition) is 3. The molecule has 2 rings (SSSR count). The molecule has 0 aromatic heterocycles. The van der Waals surface area contributed by atoms with E-state index in [9.17, 15) is 0 Å². The monoisotopic (exact) mass is 295 g/mol. The summed E-state index contributed by atoms with van der Waals surface area (Å²) < 4.78 is 0. The number of likely N-dealkylation sites (N-methyl/N-ethyl adjacent to an activating group) is 1. The molecule has 0 aliphatic heterocycles. The third-order valence-electron chi connectivity index (χ3n) is 6.54. The summed E-state index contributed by atoms with van der Waals surface area (Å²) >= 11 is 0. The van der Waals surface area contributed by atoms with Crippen molar-refractivity contribution in [3.63, 3.8) is 0 Å². The van der Waals surface area contributed by atoms with E-state index in [2.05, 4.69) is 31.3 Å². The van der Waals surface area contributed by atoms with Crippen LogP contribution in [0.4, 0.5) is 0 Å². The Hall–Kier alpha value is -0.120. The van der Waals surface area contributed by atoms with Crippen LogP contribution in [0, 0.1) is 11.8 Å². The maximum absolute atomic E-state index is 6.15. The lowest BCUT2D eigenvalue weighted by molar-refractivity contribution is 0.0220. The fraction of sp³-hybridized carbons (Fsp3) is 1.00. The minimum absolute atomic E-state index is 0.265. The van der Waals surface area contributed by atoms with Gasteiger partial charge in [-0.1, -0.05) is 58.3 Å². The van der Waals surface area contributed by atoms with Gasteiger partial charge in [0, 0.05) is 11.6 Å². The molecule has 2 aliphatic rings. The summed E-state index contributed by atoms with van der Waals surface area (Å²) in [4.78, 5) is 2.50. The topological polar surface area (TPSA) is 41.3 Å². The minimum atomic E-state index is 0.265. The van der Waals surface area contributed by atoms with Crippen LogP contribution in [0.15, 0.2) is 0 Å². The van der Waals surface area contributed by atoms with Gasteiger partial charge in [0.2, 0.25) is 0 Å². The second-order valence-electron chi connectivity index (χ2n) is 7.67. The van der Waals surface area contributed by atoms with Crippen LogP contribution < -0.4 is 11.3 Å². The van der Waals surface area contributed by atoms with Crippen LogP contribution in [0.5, 0.6) is 0 Å². The molecule has 0 saturated heterocycles. The molecule has 3 nitrogen and oxygen atoms in total. The Morgan fingerprint density at radius 3 is 2.19 bits per heavy atom. The summed E-state index contributed by atoms with van der Waals surface area (Å²) in [6.45, 7) is 2.37. The van der Waals surface area contributed by atoms with Gasteiger partial charge in [0.1, 0.15) is 0 Å². The Morgan fingerprint density at radius 1 is 1.05 bits per heavy atom. The van der Waals surface area contributed by atoms with E-state index in [0.717, 1.165) is 11.8 Å². The SMILES string of the molecule is CCC1CCCCC1C(NN)C1(N(C)C)CCCCCC1. The van der Waals surface area contributed by atoms with Crippen LogP contribution in [0.2, 0.25) is 0 Å². The highest BCUT2D eigenvalue weighted by Crippen LogP contribution is 2.43. The lowest BCUT2D eigenvalue weighted by Crippen LogP contribution is -2.64. The van der Waals surface area contributed by atoms with Gasteiger partial charge in [-0.05, 0) is 45.2 Å². The zero-order valence-corrected chi connectivity index (χ0v) is 14.5. The van der Waals surface area contributed by atoms with E-state index in [0.29, 0.717) is 6.04 Å². The summed E-state index contributed by atoms with van der Waals surface area (Å²) in [6.07, 6.45) is 15.0. The molecule has 124 valence electrons. The molecule has 3 heteroatoms. The standard InChI is InChI=1S/C18H37N3/c1-4-15-11-7-8-12-16(15)17(20-19)18(21(2)3)13-9-5-6-10-14-18/h15-17,20H,4-14,19H2,1-3H3. The quantitative estimate of drug-likeness (QED) is 0.462. The van der Waals surface area contributed by atoms with Crippen molar-refractivity contribution in [2.45, 2.75) is 89.1 Å². The minimum Gasteiger partial charge on any atom is -0.302 e. The summed E-state index contributed by atoms with van der Waals surface area (Å²) in [5, 5.41) is 0. The van der Waals surface area contributed by atoms with Crippen molar-refractivity contribution >= 4 is 0 Å². The van der Waals surface area contributed by atoms with Crippen molar-refractivity contribution in [2.24, 2.45) is 17.7 Å². The van der Waals surface area contributed by atoms with E-state index in [-0.39, 0.29) is 5.54 Å². The first kappa shape index (κ1) is 17.2. The molecule has 3 N–H and O–H groups in total. The molecular formula is C18H37N3. The van der Waals surface area contributed by atoms with Gasteiger partial charge in [-0.25, -0.2) is 0 Å². The predicted molar refractivity (Wildman–Crippen MR) is 91.0 cm³/mol. The highest BCUT2D eigenvalue weighted by Gasteiger charge is 2.46. The largest absolute Gasteiger partial charge is 0.302 e. The highest BCUT2D eigenvalue weighted by atomic mass is 15.3. The van der Waals surface area contributed by atoms with E-state index in [1.165, 1.54) is 70.6 Å². The van der Waals surface area contributed by atoms with Crippen LogP contribution in [-0.2, 0) is 0 Å². The van der Waals surface area contributed by atoms with Crippen molar-refractivity contribution in [3.05, 3.63) is 0 Å². The summed E-state index contributed by atoms with van der Waals surface area (Å²) in [5.41, 5.74) is 3.58. The van der Waals surface area contributed by atoms with Gasteiger partial charge in [-0.3, -0.25) is 11.3 Å². The molecule has 0 heterocycles. The Labute approximate surface area is 132 Å². The number of nitrogens with zero attached hydrogens (tertiary/aromatic N) is 1. The molecule has 21 heavy (non-hydrogen) atoms. The fourth-order valence-corrected chi connectivity index (χ4v) is 5.24. The van der Waals surface area contributed by atoms with Crippen LogP contribution in [0.25, 0.3) is 0 Å². The smallest absolute Gasteiger partial charge is 0.0425 e. The summed E-state index contributed by atoms with van der Waals surface area (Å²) in [6, 6.07) is 0.454. The van der Waals surface area contributed by atoms with E-state index >= 15 is 0 Å². The van der Waals surface area contributed by atoms with Crippen molar-refractivity contribution in [1.82, 2.24) is 10.3 Å². The highest BCUT2D eigenvalue weighted by molar-refractivity contribution is 5.03. The van der Waals surface area contributed by atoms with Gasteiger partial charge in [0.25, 0.3) is 0 Å². The van der Waals surface area contributed by atoms with Gasteiger partial charge in [-0.2, -0.15) is 0 Å². The first-order chi connectivity index (χ1) is 10.2. The maximum atomic E-state index is 6.15. The first-order valence-corrected chi connectivity index (χ1v) is 9.29.